The largest absolute Gasteiger partial charge is 0.351 e. The number of piperidine rings is 1. The smallest absolute Gasteiger partial charge is 0.287 e. The quantitative estimate of drug-likeness (QED) is 0.629. The Bertz CT molecular complexity index is 509. The second kappa shape index (κ2) is 4.87. The average molecular weight is 248 g/mol. The number of nitriles is 1. The number of hydrogen-bond acceptors (Lipinski definition) is 4. The van der Waals surface area contributed by atoms with Crippen LogP contribution in [0.15, 0.2) is 12.3 Å². The van der Waals surface area contributed by atoms with Crippen molar-refractivity contribution in [1.82, 2.24) is 9.88 Å². The lowest BCUT2D eigenvalue weighted by molar-refractivity contribution is -0.384. The normalized spacial score (nSPS) is 16.3. The molecular weight excluding hydrogens is 236 g/mol. The van der Waals surface area contributed by atoms with Crippen LogP contribution in [0, 0.1) is 27.4 Å². The molecule has 1 saturated heterocycles. The lowest BCUT2D eigenvalue weighted by Gasteiger charge is -2.28. The van der Waals surface area contributed by atoms with Gasteiger partial charge in [0.05, 0.1) is 17.2 Å². The summed E-state index contributed by atoms with van der Waals surface area (Å²) >= 11 is 0. The summed E-state index contributed by atoms with van der Waals surface area (Å²) in [5.74, 6) is -0.244. The minimum Gasteiger partial charge on any atom is -0.351 e. The van der Waals surface area contributed by atoms with Gasteiger partial charge in [0.1, 0.15) is 5.69 Å². The fourth-order valence-corrected chi connectivity index (χ4v) is 1.99. The highest BCUT2D eigenvalue weighted by Crippen LogP contribution is 2.19. The molecule has 1 amide bonds. The summed E-state index contributed by atoms with van der Waals surface area (Å²) in [6.07, 6.45) is 2.52. The summed E-state index contributed by atoms with van der Waals surface area (Å²) in [5.41, 5.74) is 0.0994. The van der Waals surface area contributed by atoms with Crippen LogP contribution in [-0.2, 0) is 0 Å². The topological polar surface area (TPSA) is 103 Å². The van der Waals surface area contributed by atoms with Gasteiger partial charge in [0.2, 0.25) is 0 Å². The van der Waals surface area contributed by atoms with E-state index in [0.717, 1.165) is 0 Å². The van der Waals surface area contributed by atoms with Gasteiger partial charge in [-0.25, -0.2) is 0 Å². The first-order valence-corrected chi connectivity index (χ1v) is 5.63. The van der Waals surface area contributed by atoms with Gasteiger partial charge in [0, 0.05) is 25.1 Å². The maximum Gasteiger partial charge on any atom is 0.287 e. The van der Waals surface area contributed by atoms with E-state index in [1.807, 2.05) is 0 Å². The number of nitro groups is 1. The third-order valence-electron chi connectivity index (χ3n) is 3.07. The predicted octanol–water partition coefficient (Wildman–Crippen LogP) is 1.30. The number of likely N-dealkylation sites (tertiary alicyclic amines) is 1. The van der Waals surface area contributed by atoms with Crippen molar-refractivity contribution in [1.29, 1.82) is 5.26 Å². The van der Waals surface area contributed by atoms with Gasteiger partial charge in [-0.3, -0.25) is 14.9 Å². The third-order valence-corrected chi connectivity index (χ3v) is 3.07. The summed E-state index contributed by atoms with van der Waals surface area (Å²) in [6, 6.07) is 3.42. The van der Waals surface area contributed by atoms with E-state index in [4.69, 9.17) is 5.26 Å². The van der Waals surface area contributed by atoms with Crippen molar-refractivity contribution in [2.45, 2.75) is 12.8 Å². The van der Waals surface area contributed by atoms with E-state index in [1.54, 1.807) is 4.90 Å². The first-order valence-electron chi connectivity index (χ1n) is 5.63. The first-order chi connectivity index (χ1) is 8.61. The fourth-order valence-electron chi connectivity index (χ4n) is 1.99. The molecule has 18 heavy (non-hydrogen) atoms. The van der Waals surface area contributed by atoms with Crippen LogP contribution in [0.4, 0.5) is 5.69 Å². The lowest BCUT2D eigenvalue weighted by atomic mass is 9.98. The molecule has 7 nitrogen and oxygen atoms in total. The summed E-state index contributed by atoms with van der Waals surface area (Å²) in [4.78, 5) is 26.2. The Hall–Kier alpha value is -2.36. The molecule has 94 valence electrons. The number of nitrogens with one attached hydrogen (secondary N) is 1. The van der Waals surface area contributed by atoms with Crippen LogP contribution in [0.2, 0.25) is 0 Å². The van der Waals surface area contributed by atoms with Crippen LogP contribution < -0.4 is 0 Å². The third kappa shape index (κ3) is 2.32. The van der Waals surface area contributed by atoms with Crippen LogP contribution in [0.25, 0.3) is 0 Å². The van der Waals surface area contributed by atoms with E-state index in [2.05, 4.69) is 11.1 Å². The Balaban J connectivity index is 2.03. The van der Waals surface area contributed by atoms with E-state index in [-0.39, 0.29) is 23.2 Å². The van der Waals surface area contributed by atoms with E-state index in [9.17, 15) is 14.9 Å². The number of aromatic amines is 1. The molecule has 0 bridgehead atoms. The fraction of sp³-hybridized carbons (Fsp3) is 0.455. The summed E-state index contributed by atoms with van der Waals surface area (Å²) in [6.45, 7) is 1.04. The monoisotopic (exact) mass is 248 g/mol. The molecule has 1 fully saturated rings. The Labute approximate surface area is 103 Å². The number of amides is 1. The van der Waals surface area contributed by atoms with Gasteiger partial charge in [0.25, 0.3) is 11.6 Å². The minimum absolute atomic E-state index is 0.00651. The van der Waals surface area contributed by atoms with Crippen LogP contribution in [0.3, 0.4) is 0 Å². The highest BCUT2D eigenvalue weighted by molar-refractivity contribution is 5.93. The maximum atomic E-state index is 12.0. The van der Waals surface area contributed by atoms with Crippen molar-refractivity contribution in [3.8, 4) is 6.07 Å². The van der Waals surface area contributed by atoms with Crippen LogP contribution in [-0.4, -0.2) is 33.8 Å². The van der Waals surface area contributed by atoms with Gasteiger partial charge < -0.3 is 9.88 Å². The Morgan fingerprint density at radius 2 is 2.22 bits per heavy atom. The number of rotatable bonds is 2. The molecule has 0 atom stereocenters. The van der Waals surface area contributed by atoms with Crippen molar-refractivity contribution >= 4 is 11.6 Å². The van der Waals surface area contributed by atoms with Gasteiger partial charge in [-0.05, 0) is 12.8 Å². The number of hydrogen-bond donors (Lipinski definition) is 1. The molecule has 2 heterocycles. The molecule has 0 unspecified atom stereocenters. The second-order valence-electron chi connectivity index (χ2n) is 4.22. The van der Waals surface area contributed by atoms with Crippen LogP contribution in [0.5, 0.6) is 0 Å². The Morgan fingerprint density at radius 1 is 1.56 bits per heavy atom. The molecular formula is C11H12N4O3. The number of aromatic nitrogens is 1. The molecule has 0 radical (unpaired) electrons. The molecule has 1 N–H and O–H groups in total. The summed E-state index contributed by atoms with van der Waals surface area (Å²) in [7, 11) is 0. The number of nitrogens with zero attached hydrogens (tertiary/aromatic N) is 3. The zero-order valence-electron chi connectivity index (χ0n) is 9.63. The number of carbonyl (C=O) groups excluding carboxylic acids is 1. The van der Waals surface area contributed by atoms with Gasteiger partial charge in [-0.2, -0.15) is 5.26 Å². The molecule has 0 aromatic carbocycles. The molecule has 0 aliphatic carbocycles. The lowest BCUT2D eigenvalue weighted by Crippen LogP contribution is -2.38. The van der Waals surface area contributed by atoms with Gasteiger partial charge in [-0.1, -0.05) is 0 Å². The number of carbonyl (C=O) groups is 1. The van der Waals surface area contributed by atoms with E-state index in [1.165, 1.54) is 12.3 Å². The highest BCUT2D eigenvalue weighted by Gasteiger charge is 2.25. The van der Waals surface area contributed by atoms with Crippen molar-refractivity contribution in [2.24, 2.45) is 5.92 Å². The molecule has 1 aromatic heterocycles. The van der Waals surface area contributed by atoms with Crippen molar-refractivity contribution in [3.05, 3.63) is 28.1 Å². The van der Waals surface area contributed by atoms with Crippen molar-refractivity contribution < 1.29 is 9.72 Å². The molecule has 1 aliphatic rings. The second-order valence-corrected chi connectivity index (χ2v) is 4.22. The molecule has 2 rings (SSSR count). The van der Waals surface area contributed by atoms with Gasteiger partial charge in [0.15, 0.2) is 0 Å². The maximum absolute atomic E-state index is 12.0. The van der Waals surface area contributed by atoms with E-state index in [0.29, 0.717) is 25.9 Å². The molecule has 7 heteroatoms. The van der Waals surface area contributed by atoms with Crippen molar-refractivity contribution in [3.63, 3.8) is 0 Å². The van der Waals surface area contributed by atoms with Crippen molar-refractivity contribution in [2.75, 3.05) is 13.1 Å². The summed E-state index contributed by atoms with van der Waals surface area (Å²) in [5, 5.41) is 19.3. The predicted molar refractivity (Wildman–Crippen MR) is 61.7 cm³/mol. The van der Waals surface area contributed by atoms with Crippen LogP contribution in [0.1, 0.15) is 23.3 Å². The Kier molecular flexibility index (Phi) is 3.28. The SMILES string of the molecule is N#CC1CCN(C(=O)c2cc([N+](=O)[O-])c[nH]2)CC1. The molecule has 1 aliphatic heterocycles. The summed E-state index contributed by atoms with van der Waals surface area (Å²) < 4.78 is 0. The molecule has 0 spiro atoms. The number of H-pyrrole nitrogens is 1. The van der Waals surface area contributed by atoms with Gasteiger partial charge in [-0.15, -0.1) is 0 Å². The zero-order chi connectivity index (χ0) is 13.1. The average Bonchev–Trinajstić information content (AvgIpc) is 2.88. The minimum atomic E-state index is -0.546. The zero-order valence-corrected chi connectivity index (χ0v) is 9.63. The first kappa shape index (κ1) is 12.1. The van der Waals surface area contributed by atoms with E-state index >= 15 is 0 Å². The van der Waals surface area contributed by atoms with E-state index < -0.39 is 4.92 Å². The van der Waals surface area contributed by atoms with Gasteiger partial charge >= 0.3 is 0 Å². The van der Waals surface area contributed by atoms with Crippen LogP contribution >= 0.6 is 0 Å². The standard InChI is InChI=1S/C11H12N4O3/c12-6-8-1-3-14(4-2-8)11(16)10-5-9(7-13-10)15(17)18/h5,7-8,13H,1-4H2. The molecule has 0 saturated carbocycles. The Morgan fingerprint density at radius 3 is 2.72 bits per heavy atom. The highest BCUT2D eigenvalue weighted by atomic mass is 16.6. The molecule has 1 aromatic rings.